The fourth-order valence-electron chi connectivity index (χ4n) is 3.46. The van der Waals surface area contributed by atoms with Gasteiger partial charge in [0.1, 0.15) is 5.56 Å². The van der Waals surface area contributed by atoms with Gasteiger partial charge in [-0.15, -0.1) is 0 Å². The summed E-state index contributed by atoms with van der Waals surface area (Å²) in [5.41, 5.74) is 6.95. The molecule has 33 heavy (non-hydrogen) atoms. The molecule has 2 aromatic carbocycles. The van der Waals surface area contributed by atoms with Crippen molar-refractivity contribution in [1.82, 2.24) is 14.9 Å². The average molecular weight is 497 g/mol. The third-order valence-corrected chi connectivity index (χ3v) is 5.92. The minimum Gasteiger partial charge on any atom is -0.351 e. The zero-order valence-electron chi connectivity index (χ0n) is 17.1. The van der Waals surface area contributed by atoms with E-state index in [2.05, 4.69) is 15.3 Å². The number of alkyl halides is 3. The molecule has 0 spiro atoms. The lowest BCUT2D eigenvalue weighted by Gasteiger charge is -2.23. The number of carbonyl (C=O) groups excluding carboxylic acids is 1. The average Bonchev–Trinajstić information content (AvgIpc) is 3.19. The molecule has 2 amide bonds. The molecular formula is C21H17Cl2F3N6O. The van der Waals surface area contributed by atoms with Crippen LogP contribution in [0.4, 0.5) is 41.1 Å². The summed E-state index contributed by atoms with van der Waals surface area (Å²) in [7, 11) is 1.48. The number of aromatic nitrogens is 2. The van der Waals surface area contributed by atoms with Crippen LogP contribution in [0.3, 0.4) is 0 Å². The van der Waals surface area contributed by atoms with E-state index in [0.29, 0.717) is 22.9 Å². The fraction of sp³-hybridized carbons (Fsp3) is 0.190. The number of urea groups is 1. The molecular weight excluding hydrogens is 480 g/mol. The highest BCUT2D eigenvalue weighted by Gasteiger charge is 2.37. The highest BCUT2D eigenvalue weighted by Crippen LogP contribution is 2.39. The van der Waals surface area contributed by atoms with E-state index in [1.807, 2.05) is 0 Å². The highest BCUT2D eigenvalue weighted by atomic mass is 35.5. The summed E-state index contributed by atoms with van der Waals surface area (Å²) in [4.78, 5) is 22.2. The number of rotatable bonds is 4. The molecule has 1 aromatic heterocycles. The van der Waals surface area contributed by atoms with Crippen molar-refractivity contribution in [3.63, 3.8) is 0 Å². The van der Waals surface area contributed by atoms with Gasteiger partial charge < -0.3 is 20.9 Å². The van der Waals surface area contributed by atoms with Gasteiger partial charge in [-0.2, -0.15) is 18.2 Å². The molecule has 0 radical (unpaired) electrons. The molecule has 172 valence electrons. The Kier molecular flexibility index (Phi) is 5.98. The summed E-state index contributed by atoms with van der Waals surface area (Å²) < 4.78 is 41.2. The van der Waals surface area contributed by atoms with Gasteiger partial charge in [0.05, 0.1) is 10.0 Å². The van der Waals surface area contributed by atoms with Crippen molar-refractivity contribution in [2.45, 2.75) is 19.3 Å². The van der Waals surface area contributed by atoms with Crippen molar-refractivity contribution in [3.05, 3.63) is 69.3 Å². The number of primary amides is 1. The summed E-state index contributed by atoms with van der Waals surface area (Å²) >= 11 is 11.9. The monoisotopic (exact) mass is 496 g/mol. The maximum atomic E-state index is 13.7. The second-order valence-corrected chi connectivity index (χ2v) is 8.20. The Morgan fingerprint density at radius 3 is 2.52 bits per heavy atom. The molecule has 0 saturated carbocycles. The number of nitrogens with zero attached hydrogens (tertiary/aromatic N) is 4. The second-order valence-electron chi connectivity index (χ2n) is 7.39. The van der Waals surface area contributed by atoms with Crippen LogP contribution in [0.15, 0.2) is 42.6 Å². The summed E-state index contributed by atoms with van der Waals surface area (Å²) in [5, 5.41) is 3.45. The molecule has 1 aliphatic heterocycles. The Morgan fingerprint density at radius 2 is 1.85 bits per heavy atom. The lowest BCUT2D eigenvalue weighted by Crippen LogP contribution is -2.30. The van der Waals surface area contributed by atoms with Gasteiger partial charge in [0.2, 0.25) is 5.95 Å². The number of hydrogen-bond acceptors (Lipinski definition) is 5. The van der Waals surface area contributed by atoms with Crippen LogP contribution in [0.25, 0.3) is 0 Å². The first kappa shape index (κ1) is 22.9. The maximum Gasteiger partial charge on any atom is 0.421 e. The van der Waals surface area contributed by atoms with Crippen LogP contribution in [0.5, 0.6) is 0 Å². The Morgan fingerprint density at radius 1 is 1.12 bits per heavy atom. The summed E-state index contributed by atoms with van der Waals surface area (Å²) in [6.45, 7) is 0.639. The SMILES string of the molecule is CN(c1ccc2c(c1)CN(C(N)=O)C2)c1nc(Nc2ccc(Cl)c(Cl)c2)ncc1C(F)(F)F. The first-order valence-corrected chi connectivity index (χ1v) is 10.3. The number of benzene rings is 2. The first-order chi connectivity index (χ1) is 15.5. The molecule has 1 aliphatic rings. The van der Waals surface area contributed by atoms with Crippen LogP contribution in [-0.2, 0) is 19.3 Å². The van der Waals surface area contributed by atoms with Crippen LogP contribution >= 0.6 is 23.2 Å². The maximum absolute atomic E-state index is 13.7. The number of hydrogen-bond donors (Lipinski definition) is 2. The quantitative estimate of drug-likeness (QED) is 0.483. The van der Waals surface area contributed by atoms with Gasteiger partial charge in [-0.1, -0.05) is 29.3 Å². The lowest BCUT2D eigenvalue weighted by atomic mass is 10.1. The molecule has 0 saturated heterocycles. The smallest absolute Gasteiger partial charge is 0.351 e. The summed E-state index contributed by atoms with van der Waals surface area (Å²) in [6.07, 6.45) is -3.95. The molecule has 0 unspecified atom stereocenters. The number of carbonyl (C=O) groups is 1. The van der Waals surface area contributed by atoms with E-state index in [-0.39, 0.29) is 23.3 Å². The Labute approximate surface area is 196 Å². The Hall–Kier alpha value is -3.24. The number of anilines is 4. The zero-order valence-corrected chi connectivity index (χ0v) is 18.6. The van der Waals surface area contributed by atoms with Gasteiger partial charge in [0.15, 0.2) is 5.82 Å². The zero-order chi connectivity index (χ0) is 23.9. The fourth-order valence-corrected chi connectivity index (χ4v) is 3.76. The molecule has 0 aliphatic carbocycles. The predicted molar refractivity (Wildman–Crippen MR) is 120 cm³/mol. The summed E-state index contributed by atoms with van der Waals surface area (Å²) in [6, 6.07) is 9.23. The van der Waals surface area contributed by atoms with E-state index in [1.54, 1.807) is 30.3 Å². The van der Waals surface area contributed by atoms with Gasteiger partial charge in [-0.25, -0.2) is 9.78 Å². The second kappa shape index (κ2) is 8.60. The van der Waals surface area contributed by atoms with E-state index < -0.39 is 17.8 Å². The number of nitrogens with two attached hydrogens (primary N) is 1. The molecule has 4 rings (SSSR count). The van der Waals surface area contributed by atoms with Crippen LogP contribution in [-0.4, -0.2) is 27.9 Å². The van der Waals surface area contributed by atoms with Crippen LogP contribution < -0.4 is 16.0 Å². The van der Waals surface area contributed by atoms with Crippen molar-refractivity contribution < 1.29 is 18.0 Å². The molecule has 12 heteroatoms. The lowest BCUT2D eigenvalue weighted by molar-refractivity contribution is -0.137. The van der Waals surface area contributed by atoms with Gasteiger partial charge in [0, 0.05) is 37.7 Å². The number of fused-ring (bicyclic) bond motifs is 1. The highest BCUT2D eigenvalue weighted by molar-refractivity contribution is 6.42. The molecule has 2 heterocycles. The normalized spacial score (nSPS) is 13.1. The number of nitrogens with one attached hydrogen (secondary N) is 1. The Balaban J connectivity index is 1.69. The number of halogens is 5. The molecule has 3 aromatic rings. The van der Waals surface area contributed by atoms with E-state index in [1.165, 1.54) is 22.9 Å². The van der Waals surface area contributed by atoms with Crippen LogP contribution in [0, 0.1) is 0 Å². The van der Waals surface area contributed by atoms with Crippen molar-refractivity contribution in [3.8, 4) is 0 Å². The topological polar surface area (TPSA) is 87.4 Å². The van der Waals surface area contributed by atoms with Gasteiger partial charge in [-0.05, 0) is 41.5 Å². The molecule has 0 atom stereocenters. The Bertz CT molecular complexity index is 1240. The molecule has 3 N–H and O–H groups in total. The van der Waals surface area contributed by atoms with E-state index in [9.17, 15) is 18.0 Å². The van der Waals surface area contributed by atoms with Crippen molar-refractivity contribution in [1.29, 1.82) is 0 Å². The minimum atomic E-state index is -4.68. The van der Waals surface area contributed by atoms with Gasteiger partial charge >= 0.3 is 12.2 Å². The van der Waals surface area contributed by atoms with E-state index in [0.717, 1.165) is 17.3 Å². The van der Waals surface area contributed by atoms with Crippen LogP contribution in [0.2, 0.25) is 10.0 Å². The standard InChI is InChI=1S/C21H17Cl2F3N6O/c1-31(14-4-2-11-9-32(19(27)33)10-12(11)6-14)18-15(21(24,25)26)8-28-20(30-18)29-13-3-5-16(22)17(23)7-13/h2-8H,9-10H2,1H3,(H2,27,33)(H,28,29,30). The third-order valence-electron chi connectivity index (χ3n) is 5.18. The minimum absolute atomic E-state index is 0.0516. The van der Waals surface area contributed by atoms with E-state index >= 15 is 0 Å². The van der Waals surface area contributed by atoms with Gasteiger partial charge in [0.25, 0.3) is 0 Å². The summed E-state index contributed by atoms with van der Waals surface area (Å²) in [5.74, 6) is -0.394. The van der Waals surface area contributed by atoms with E-state index in [4.69, 9.17) is 28.9 Å². The first-order valence-electron chi connectivity index (χ1n) is 9.59. The predicted octanol–water partition coefficient (Wildman–Crippen LogP) is 5.71. The molecule has 0 fully saturated rings. The van der Waals surface area contributed by atoms with Crippen molar-refractivity contribution >= 4 is 52.4 Å². The third kappa shape index (κ3) is 4.76. The van der Waals surface area contributed by atoms with Crippen molar-refractivity contribution in [2.24, 2.45) is 5.73 Å². The van der Waals surface area contributed by atoms with Crippen molar-refractivity contribution in [2.75, 3.05) is 17.3 Å². The molecule has 7 nitrogen and oxygen atoms in total. The largest absolute Gasteiger partial charge is 0.421 e. The van der Waals surface area contributed by atoms with Crippen LogP contribution in [0.1, 0.15) is 16.7 Å². The van der Waals surface area contributed by atoms with Gasteiger partial charge in [-0.3, -0.25) is 0 Å². The molecule has 0 bridgehead atoms. The number of amides is 2.